The molecule has 32 heavy (non-hydrogen) atoms. The first-order chi connectivity index (χ1) is 15.3. The minimum Gasteiger partial charge on any atom is -0.478 e. The fourth-order valence-electron chi connectivity index (χ4n) is 3.67. The number of aryl methyl sites for hydroxylation is 2. The van der Waals surface area contributed by atoms with E-state index in [1.165, 1.54) is 0 Å². The summed E-state index contributed by atoms with van der Waals surface area (Å²) in [6, 6.07) is 14.7. The standard InChI is InChI=1S/C26H33N3O3/c1-18(2)9-14-24-27-29(16-15-19(3)4)26(32)28(24)17-20-10-12-21(13-11-20)22-7-5-6-8-23(22)25(30)31/h5-8,10-13,18-19H,9,14-17H2,1-4H3,(H,30,31). The molecule has 0 amide bonds. The van der Waals surface area contributed by atoms with Crippen molar-refractivity contribution in [2.75, 3.05) is 0 Å². The van der Waals surface area contributed by atoms with E-state index in [1.54, 1.807) is 21.4 Å². The van der Waals surface area contributed by atoms with Crippen LogP contribution in [-0.2, 0) is 19.5 Å². The van der Waals surface area contributed by atoms with Gasteiger partial charge in [-0.2, -0.15) is 5.10 Å². The molecule has 0 aliphatic carbocycles. The van der Waals surface area contributed by atoms with Gasteiger partial charge in [-0.15, -0.1) is 0 Å². The second kappa shape index (κ2) is 10.4. The van der Waals surface area contributed by atoms with Crippen LogP contribution in [0.25, 0.3) is 11.1 Å². The summed E-state index contributed by atoms with van der Waals surface area (Å²) in [4.78, 5) is 24.6. The zero-order chi connectivity index (χ0) is 23.3. The lowest BCUT2D eigenvalue weighted by atomic mass is 9.99. The van der Waals surface area contributed by atoms with Gasteiger partial charge in [-0.3, -0.25) is 4.57 Å². The molecule has 1 N–H and O–H groups in total. The van der Waals surface area contributed by atoms with Crippen LogP contribution in [0.2, 0.25) is 0 Å². The second-order valence-corrected chi connectivity index (χ2v) is 9.17. The molecule has 0 aliphatic heterocycles. The number of hydrogen-bond acceptors (Lipinski definition) is 3. The molecule has 6 heteroatoms. The van der Waals surface area contributed by atoms with Crippen molar-refractivity contribution in [1.29, 1.82) is 0 Å². The van der Waals surface area contributed by atoms with Crippen LogP contribution in [-0.4, -0.2) is 25.4 Å². The molecule has 0 spiro atoms. The fourth-order valence-corrected chi connectivity index (χ4v) is 3.67. The predicted molar refractivity (Wildman–Crippen MR) is 127 cm³/mol. The average molecular weight is 436 g/mol. The Morgan fingerprint density at radius 2 is 1.62 bits per heavy atom. The molecular weight excluding hydrogens is 402 g/mol. The summed E-state index contributed by atoms with van der Waals surface area (Å²) in [5.41, 5.74) is 2.72. The van der Waals surface area contributed by atoms with Crippen LogP contribution < -0.4 is 5.69 Å². The van der Waals surface area contributed by atoms with Gasteiger partial charge in [0.1, 0.15) is 5.82 Å². The summed E-state index contributed by atoms with van der Waals surface area (Å²) in [5, 5.41) is 14.1. The van der Waals surface area contributed by atoms with Gasteiger partial charge in [0, 0.05) is 13.0 Å². The molecule has 6 nitrogen and oxygen atoms in total. The van der Waals surface area contributed by atoms with Crippen LogP contribution in [0.5, 0.6) is 0 Å². The first-order valence-electron chi connectivity index (χ1n) is 11.3. The molecule has 3 aromatic rings. The van der Waals surface area contributed by atoms with Crippen molar-refractivity contribution in [2.24, 2.45) is 11.8 Å². The van der Waals surface area contributed by atoms with Gasteiger partial charge in [-0.05, 0) is 47.4 Å². The third-order valence-electron chi connectivity index (χ3n) is 5.63. The Balaban J connectivity index is 1.87. The molecule has 0 fully saturated rings. The van der Waals surface area contributed by atoms with Crippen LogP contribution in [0.3, 0.4) is 0 Å². The van der Waals surface area contributed by atoms with Gasteiger partial charge in [-0.25, -0.2) is 14.3 Å². The molecule has 0 aliphatic rings. The van der Waals surface area contributed by atoms with Crippen LogP contribution in [0.15, 0.2) is 53.3 Å². The lowest BCUT2D eigenvalue weighted by Gasteiger charge is -2.09. The van der Waals surface area contributed by atoms with Crippen molar-refractivity contribution in [3.8, 4) is 11.1 Å². The lowest BCUT2D eigenvalue weighted by Crippen LogP contribution is -2.26. The topological polar surface area (TPSA) is 77.1 Å². The fraction of sp³-hybridized carbons (Fsp3) is 0.423. The average Bonchev–Trinajstić information content (AvgIpc) is 3.06. The molecule has 0 atom stereocenters. The number of hydrogen-bond donors (Lipinski definition) is 1. The minimum atomic E-state index is -0.945. The van der Waals surface area contributed by atoms with Crippen LogP contribution in [0.1, 0.15) is 62.3 Å². The highest BCUT2D eigenvalue weighted by molar-refractivity contribution is 5.95. The minimum absolute atomic E-state index is 0.0651. The number of benzene rings is 2. The Hall–Kier alpha value is -3.15. The van der Waals surface area contributed by atoms with Crippen LogP contribution in [0, 0.1) is 11.8 Å². The predicted octanol–water partition coefficient (Wildman–Crippen LogP) is 5.09. The Kier molecular flexibility index (Phi) is 7.67. The maximum atomic E-state index is 13.1. The first kappa shape index (κ1) is 23.5. The summed E-state index contributed by atoms with van der Waals surface area (Å²) in [7, 11) is 0. The van der Waals surface area contributed by atoms with Crippen LogP contribution >= 0.6 is 0 Å². The molecule has 0 radical (unpaired) electrons. The smallest absolute Gasteiger partial charge is 0.346 e. The Bertz CT molecular complexity index is 1110. The molecule has 0 unspecified atom stereocenters. The van der Waals surface area contributed by atoms with E-state index in [1.807, 2.05) is 36.4 Å². The second-order valence-electron chi connectivity index (χ2n) is 9.17. The largest absolute Gasteiger partial charge is 0.478 e. The number of rotatable bonds is 10. The van der Waals surface area contributed by atoms with Gasteiger partial charge in [-0.1, -0.05) is 70.2 Å². The van der Waals surface area contributed by atoms with E-state index in [4.69, 9.17) is 0 Å². The van der Waals surface area contributed by atoms with Gasteiger partial charge in [0.05, 0.1) is 12.1 Å². The van der Waals surface area contributed by atoms with E-state index in [9.17, 15) is 14.7 Å². The number of carboxylic acid groups (broad SMARTS) is 1. The number of aromatic carboxylic acids is 1. The normalized spacial score (nSPS) is 11.4. The highest BCUT2D eigenvalue weighted by atomic mass is 16.4. The quantitative estimate of drug-likeness (QED) is 0.481. The van der Waals surface area contributed by atoms with E-state index in [0.717, 1.165) is 36.2 Å². The molecule has 170 valence electrons. The van der Waals surface area contributed by atoms with Gasteiger partial charge in [0.2, 0.25) is 0 Å². The third kappa shape index (κ3) is 5.75. The Labute approximate surface area is 189 Å². The van der Waals surface area contributed by atoms with E-state index in [2.05, 4.69) is 32.8 Å². The molecule has 1 heterocycles. The van der Waals surface area contributed by atoms with Gasteiger partial charge in [0.25, 0.3) is 0 Å². The summed E-state index contributed by atoms with van der Waals surface area (Å²) in [5.74, 6) is 0.924. The Morgan fingerprint density at radius 3 is 2.25 bits per heavy atom. The molecule has 0 saturated heterocycles. The molecule has 3 rings (SSSR count). The van der Waals surface area contributed by atoms with E-state index >= 15 is 0 Å². The number of aromatic nitrogens is 3. The Morgan fingerprint density at radius 1 is 0.969 bits per heavy atom. The monoisotopic (exact) mass is 435 g/mol. The summed E-state index contributed by atoms with van der Waals surface area (Å²) in [6.07, 6.45) is 2.66. The van der Waals surface area contributed by atoms with Crippen molar-refractivity contribution in [3.05, 3.63) is 76.0 Å². The van der Waals surface area contributed by atoms with E-state index in [0.29, 0.717) is 30.5 Å². The number of carbonyl (C=O) groups is 1. The van der Waals surface area contributed by atoms with Crippen molar-refractivity contribution in [2.45, 2.75) is 60.0 Å². The molecule has 0 bridgehead atoms. The number of nitrogens with zero attached hydrogens (tertiary/aromatic N) is 3. The molecule has 2 aromatic carbocycles. The third-order valence-corrected chi connectivity index (χ3v) is 5.63. The zero-order valence-corrected chi connectivity index (χ0v) is 19.4. The summed E-state index contributed by atoms with van der Waals surface area (Å²) < 4.78 is 3.38. The number of carboxylic acids is 1. The highest BCUT2D eigenvalue weighted by Crippen LogP contribution is 2.24. The molecule has 1 aromatic heterocycles. The van der Waals surface area contributed by atoms with Crippen LogP contribution in [0.4, 0.5) is 0 Å². The van der Waals surface area contributed by atoms with Crippen molar-refractivity contribution in [3.63, 3.8) is 0 Å². The highest BCUT2D eigenvalue weighted by Gasteiger charge is 2.15. The summed E-state index contributed by atoms with van der Waals surface area (Å²) in [6.45, 7) is 9.72. The van der Waals surface area contributed by atoms with Gasteiger partial charge >= 0.3 is 11.7 Å². The lowest BCUT2D eigenvalue weighted by molar-refractivity contribution is 0.0697. The SMILES string of the molecule is CC(C)CCc1nn(CCC(C)C)c(=O)n1Cc1ccc(-c2ccccc2C(=O)O)cc1. The van der Waals surface area contributed by atoms with Crippen molar-refractivity contribution < 1.29 is 9.90 Å². The molecular formula is C26H33N3O3. The van der Waals surface area contributed by atoms with Gasteiger partial charge < -0.3 is 5.11 Å². The van der Waals surface area contributed by atoms with E-state index < -0.39 is 5.97 Å². The van der Waals surface area contributed by atoms with Gasteiger partial charge in [0.15, 0.2) is 0 Å². The van der Waals surface area contributed by atoms with Crippen molar-refractivity contribution >= 4 is 5.97 Å². The van der Waals surface area contributed by atoms with Crippen molar-refractivity contribution in [1.82, 2.24) is 14.3 Å². The maximum Gasteiger partial charge on any atom is 0.346 e. The maximum absolute atomic E-state index is 13.1. The summed E-state index contributed by atoms with van der Waals surface area (Å²) >= 11 is 0. The molecule has 0 saturated carbocycles. The zero-order valence-electron chi connectivity index (χ0n) is 19.4. The van der Waals surface area contributed by atoms with E-state index in [-0.39, 0.29) is 11.3 Å². The first-order valence-corrected chi connectivity index (χ1v) is 11.3.